The highest BCUT2D eigenvalue weighted by atomic mass is 32.2. The first kappa shape index (κ1) is 18.3. The van der Waals surface area contributed by atoms with Gasteiger partial charge in [-0.3, -0.25) is 0 Å². The highest BCUT2D eigenvalue weighted by Gasteiger charge is 2.19. The molecule has 0 saturated carbocycles. The monoisotopic (exact) mass is 374 g/mol. The van der Waals surface area contributed by atoms with Crippen LogP contribution in [0.3, 0.4) is 0 Å². The first-order valence-corrected chi connectivity index (χ1v) is 9.38. The average Bonchev–Trinajstić information content (AvgIpc) is 2.86. The summed E-state index contributed by atoms with van der Waals surface area (Å²) >= 11 is 1.74. The highest BCUT2D eigenvalue weighted by molar-refractivity contribution is 7.99. The van der Waals surface area contributed by atoms with E-state index in [0.717, 1.165) is 22.6 Å². The molecule has 7 heteroatoms. The summed E-state index contributed by atoms with van der Waals surface area (Å²) in [5.41, 5.74) is 1.94. The standard InChI is InChI=1S/C19H22N2O4S/c1-25-15-3-5-18-14(11-15)12-21(8-9-26-18)19(24)20-7-6-13-2-4-16(22)17(23)10-13/h2-5,10-11,22-23H,6-9,12H2,1H3,(H,20,24). The summed E-state index contributed by atoms with van der Waals surface area (Å²) < 4.78 is 5.28. The van der Waals surface area contributed by atoms with Crippen LogP contribution in [-0.2, 0) is 13.0 Å². The van der Waals surface area contributed by atoms with E-state index in [9.17, 15) is 15.0 Å². The van der Waals surface area contributed by atoms with Crippen LogP contribution in [-0.4, -0.2) is 47.1 Å². The van der Waals surface area contributed by atoms with Gasteiger partial charge in [-0.1, -0.05) is 6.07 Å². The molecule has 0 aromatic heterocycles. The largest absolute Gasteiger partial charge is 0.504 e. The summed E-state index contributed by atoms with van der Waals surface area (Å²) in [5, 5.41) is 21.8. The minimum Gasteiger partial charge on any atom is -0.504 e. The number of hydrogen-bond donors (Lipinski definition) is 3. The van der Waals surface area contributed by atoms with Crippen LogP contribution in [0.2, 0.25) is 0 Å². The molecule has 3 N–H and O–H groups in total. The van der Waals surface area contributed by atoms with E-state index >= 15 is 0 Å². The van der Waals surface area contributed by atoms with Gasteiger partial charge in [0.25, 0.3) is 0 Å². The number of nitrogens with one attached hydrogen (secondary N) is 1. The predicted molar refractivity (Wildman–Crippen MR) is 101 cm³/mol. The third-order valence-electron chi connectivity index (χ3n) is 4.26. The van der Waals surface area contributed by atoms with E-state index in [1.54, 1.807) is 29.8 Å². The maximum absolute atomic E-state index is 12.5. The van der Waals surface area contributed by atoms with Crippen molar-refractivity contribution in [1.82, 2.24) is 10.2 Å². The molecule has 3 rings (SSSR count). The lowest BCUT2D eigenvalue weighted by atomic mass is 10.1. The van der Waals surface area contributed by atoms with Crippen LogP contribution in [0.25, 0.3) is 0 Å². The molecule has 0 radical (unpaired) electrons. The fraction of sp³-hybridized carbons (Fsp3) is 0.316. The van der Waals surface area contributed by atoms with Gasteiger partial charge in [-0.15, -0.1) is 11.8 Å². The number of phenolic OH excluding ortho intramolecular Hbond substituents is 2. The molecule has 0 aliphatic carbocycles. The van der Waals surface area contributed by atoms with E-state index in [4.69, 9.17) is 4.74 Å². The Balaban J connectivity index is 1.57. The molecule has 6 nitrogen and oxygen atoms in total. The number of rotatable bonds is 4. The summed E-state index contributed by atoms with van der Waals surface area (Å²) in [6.07, 6.45) is 0.576. The van der Waals surface area contributed by atoms with Gasteiger partial charge >= 0.3 is 6.03 Å². The Labute approximate surface area is 156 Å². The fourth-order valence-electron chi connectivity index (χ4n) is 2.82. The number of amides is 2. The third kappa shape index (κ3) is 4.35. The molecular weight excluding hydrogens is 352 g/mol. The topological polar surface area (TPSA) is 82.0 Å². The van der Waals surface area contributed by atoms with Crippen molar-refractivity contribution in [2.45, 2.75) is 17.9 Å². The number of fused-ring (bicyclic) bond motifs is 1. The number of nitrogens with zero attached hydrogens (tertiary/aromatic N) is 1. The van der Waals surface area contributed by atoms with Crippen LogP contribution in [0.1, 0.15) is 11.1 Å². The number of ether oxygens (including phenoxy) is 1. The SMILES string of the molecule is COc1ccc2c(c1)CN(C(=O)NCCc1ccc(O)c(O)c1)CCS2. The molecule has 138 valence electrons. The Hall–Kier alpha value is -2.54. The van der Waals surface area contributed by atoms with Gasteiger partial charge < -0.3 is 25.2 Å². The number of thioether (sulfide) groups is 1. The van der Waals surface area contributed by atoms with Crippen LogP contribution in [0.4, 0.5) is 4.79 Å². The summed E-state index contributed by atoms with van der Waals surface area (Å²) in [6.45, 7) is 1.68. The van der Waals surface area contributed by atoms with Crippen LogP contribution in [0.15, 0.2) is 41.3 Å². The van der Waals surface area contributed by atoms with Gasteiger partial charge in [-0.2, -0.15) is 0 Å². The van der Waals surface area contributed by atoms with Gasteiger partial charge in [0.2, 0.25) is 0 Å². The second-order valence-corrected chi connectivity index (χ2v) is 7.19. The van der Waals surface area contributed by atoms with Crippen molar-refractivity contribution in [2.24, 2.45) is 0 Å². The van der Waals surface area contributed by atoms with Crippen molar-refractivity contribution in [1.29, 1.82) is 0 Å². The van der Waals surface area contributed by atoms with E-state index in [1.165, 1.54) is 17.0 Å². The molecule has 0 bridgehead atoms. The molecule has 2 amide bonds. The van der Waals surface area contributed by atoms with Crippen LogP contribution in [0.5, 0.6) is 17.2 Å². The lowest BCUT2D eigenvalue weighted by Crippen LogP contribution is -2.41. The second-order valence-electron chi connectivity index (χ2n) is 6.05. The number of benzene rings is 2. The zero-order chi connectivity index (χ0) is 18.5. The van der Waals surface area contributed by atoms with Crippen molar-refractivity contribution in [2.75, 3.05) is 26.0 Å². The fourth-order valence-corrected chi connectivity index (χ4v) is 3.83. The molecular formula is C19H22N2O4S. The molecule has 0 unspecified atom stereocenters. The Kier molecular flexibility index (Phi) is 5.78. The molecule has 1 aliphatic heterocycles. The molecule has 2 aromatic rings. The van der Waals surface area contributed by atoms with E-state index in [0.29, 0.717) is 26.1 Å². The van der Waals surface area contributed by atoms with Gasteiger partial charge in [0, 0.05) is 30.3 Å². The average molecular weight is 374 g/mol. The molecule has 26 heavy (non-hydrogen) atoms. The van der Waals surface area contributed by atoms with Gasteiger partial charge in [-0.05, 0) is 47.9 Å². The normalized spacial score (nSPS) is 13.7. The van der Waals surface area contributed by atoms with Crippen molar-refractivity contribution >= 4 is 17.8 Å². The molecule has 0 fully saturated rings. The van der Waals surface area contributed by atoms with E-state index in [1.807, 2.05) is 18.2 Å². The zero-order valence-electron chi connectivity index (χ0n) is 14.6. The maximum atomic E-state index is 12.5. The second kappa shape index (κ2) is 8.23. The first-order valence-electron chi connectivity index (χ1n) is 8.40. The van der Waals surface area contributed by atoms with Gasteiger partial charge in [0.05, 0.1) is 7.11 Å². The maximum Gasteiger partial charge on any atom is 0.317 e. The molecule has 1 aliphatic rings. The molecule has 0 atom stereocenters. The number of hydrogen-bond acceptors (Lipinski definition) is 5. The minimum atomic E-state index is -0.149. The third-order valence-corrected chi connectivity index (χ3v) is 5.36. The zero-order valence-corrected chi connectivity index (χ0v) is 15.4. The van der Waals surface area contributed by atoms with Crippen LogP contribution in [0, 0.1) is 0 Å². The Bertz CT molecular complexity index is 797. The summed E-state index contributed by atoms with van der Waals surface area (Å²) in [4.78, 5) is 15.5. The number of urea groups is 1. The van der Waals surface area contributed by atoms with Crippen molar-refractivity contribution in [3.05, 3.63) is 47.5 Å². The number of methoxy groups -OCH3 is 1. The lowest BCUT2D eigenvalue weighted by molar-refractivity contribution is 0.199. The van der Waals surface area contributed by atoms with Gasteiger partial charge in [-0.25, -0.2) is 4.79 Å². The van der Waals surface area contributed by atoms with Crippen molar-refractivity contribution in [3.8, 4) is 17.2 Å². The van der Waals surface area contributed by atoms with E-state index in [-0.39, 0.29) is 17.5 Å². The van der Waals surface area contributed by atoms with Crippen LogP contribution >= 0.6 is 11.8 Å². The quantitative estimate of drug-likeness (QED) is 0.717. The molecule has 0 saturated heterocycles. The van der Waals surface area contributed by atoms with Gasteiger partial charge in [0.15, 0.2) is 11.5 Å². The Morgan fingerprint density at radius 2 is 2.08 bits per heavy atom. The summed E-state index contributed by atoms with van der Waals surface area (Å²) in [5.74, 6) is 1.34. The minimum absolute atomic E-state index is 0.107. The number of phenols is 2. The summed E-state index contributed by atoms with van der Waals surface area (Å²) in [6, 6.07) is 10.5. The molecule has 0 spiro atoms. The molecule has 2 aromatic carbocycles. The lowest BCUT2D eigenvalue weighted by Gasteiger charge is -2.21. The number of carbonyl (C=O) groups is 1. The van der Waals surface area contributed by atoms with E-state index < -0.39 is 0 Å². The summed E-state index contributed by atoms with van der Waals surface area (Å²) in [7, 11) is 1.64. The molecule has 1 heterocycles. The van der Waals surface area contributed by atoms with Crippen molar-refractivity contribution < 1.29 is 19.7 Å². The Morgan fingerprint density at radius 3 is 2.85 bits per heavy atom. The Morgan fingerprint density at radius 1 is 1.23 bits per heavy atom. The van der Waals surface area contributed by atoms with Crippen LogP contribution < -0.4 is 10.1 Å². The van der Waals surface area contributed by atoms with Crippen molar-refractivity contribution in [3.63, 3.8) is 0 Å². The van der Waals surface area contributed by atoms with Gasteiger partial charge in [0.1, 0.15) is 5.75 Å². The number of carbonyl (C=O) groups excluding carboxylic acids is 1. The smallest absolute Gasteiger partial charge is 0.317 e. The van der Waals surface area contributed by atoms with E-state index in [2.05, 4.69) is 5.32 Å². The highest BCUT2D eigenvalue weighted by Crippen LogP contribution is 2.30. The first-order chi connectivity index (χ1) is 12.6. The number of aromatic hydroxyl groups is 2. The predicted octanol–water partition coefficient (Wildman–Crippen LogP) is 2.97.